The van der Waals surface area contributed by atoms with Crippen LogP contribution in [-0.4, -0.2) is 127 Å². The summed E-state index contributed by atoms with van der Waals surface area (Å²) >= 11 is 0. The third-order valence-corrected chi connectivity index (χ3v) is 14.8. The van der Waals surface area contributed by atoms with Gasteiger partial charge in [0, 0.05) is 24.2 Å². The van der Waals surface area contributed by atoms with Crippen molar-refractivity contribution in [3.05, 3.63) is 0 Å². The molecule has 1 aliphatic heterocycles. The number of aliphatic hydroxyl groups is 8. The van der Waals surface area contributed by atoms with Gasteiger partial charge in [-0.2, -0.15) is 8.42 Å². The molecule has 0 spiro atoms. The number of fused-ring (bicyclic) bond motifs is 5. The van der Waals surface area contributed by atoms with Gasteiger partial charge < -0.3 is 50.3 Å². The van der Waals surface area contributed by atoms with Gasteiger partial charge in [0.05, 0.1) is 42.7 Å². The SMILES string of the molecule is CC(C)C(CCOC1OC(CO)C(O)C(O)C1OS(=O)(=O)O)CCC(C)C1CC(O)C2C1(C)CCC1C2(O)CC(O)C2(O)CC(O)CCC12C. The summed E-state index contributed by atoms with van der Waals surface area (Å²) in [6.07, 6.45) is -5.52. The predicted molar refractivity (Wildman–Crippen MR) is 178 cm³/mol. The first kappa shape index (κ1) is 40.7. The molecule has 1 heterocycles. The van der Waals surface area contributed by atoms with Crippen molar-refractivity contribution in [3.8, 4) is 0 Å². The van der Waals surface area contributed by atoms with Crippen LogP contribution < -0.4 is 0 Å². The maximum Gasteiger partial charge on any atom is 0.397 e. The van der Waals surface area contributed by atoms with E-state index in [9.17, 15) is 53.8 Å². The lowest BCUT2D eigenvalue weighted by Gasteiger charge is -2.68. The standard InChI is InChI=1S/C35H62O14S/c1-18(2)20(10-13-47-31-29(49-50(44,45)46)28(41)27(40)24(17-36)48-31)7-6-19(3)22-14-23(38)30-32(22,4)11-9-25-33(5)12-8-21(37)15-35(33,43)26(39)16-34(25,30)42/h18-31,36-43H,6-17H2,1-5H3,(H,44,45,46). The molecule has 17 atom stereocenters. The highest BCUT2D eigenvalue weighted by Gasteiger charge is 2.74. The summed E-state index contributed by atoms with van der Waals surface area (Å²) in [5.41, 5.74) is -4.06. The smallest absolute Gasteiger partial charge is 0.394 e. The molecule has 4 aliphatic carbocycles. The van der Waals surface area contributed by atoms with E-state index in [-0.39, 0.29) is 49.0 Å². The average molecular weight is 739 g/mol. The fourth-order valence-corrected chi connectivity index (χ4v) is 12.1. The molecule has 50 heavy (non-hydrogen) atoms. The maximum atomic E-state index is 12.6. The van der Waals surface area contributed by atoms with Crippen LogP contribution in [0.1, 0.15) is 98.8 Å². The summed E-state index contributed by atoms with van der Waals surface area (Å²) in [5, 5.41) is 88.0. The monoisotopic (exact) mass is 738 g/mol. The Kier molecular flexibility index (Phi) is 11.9. The lowest BCUT2D eigenvalue weighted by Crippen LogP contribution is -2.75. The molecule has 5 fully saturated rings. The van der Waals surface area contributed by atoms with Crippen molar-refractivity contribution in [2.45, 2.75) is 159 Å². The Labute approximate surface area is 296 Å². The van der Waals surface area contributed by atoms with E-state index in [0.717, 1.165) is 19.3 Å². The normalized spacial score (nSPS) is 49.2. The van der Waals surface area contributed by atoms with Gasteiger partial charge in [0.15, 0.2) is 12.4 Å². The number of hydrogen-bond donors (Lipinski definition) is 9. The van der Waals surface area contributed by atoms with Crippen LogP contribution in [0.5, 0.6) is 0 Å². The molecule has 4 saturated carbocycles. The third kappa shape index (κ3) is 7.06. The van der Waals surface area contributed by atoms with E-state index in [4.69, 9.17) is 9.47 Å². The second-order valence-corrected chi connectivity index (χ2v) is 18.4. The first-order valence-electron chi connectivity index (χ1n) is 18.5. The molecule has 0 bridgehead atoms. The lowest BCUT2D eigenvalue weighted by atomic mass is 9.40. The van der Waals surface area contributed by atoms with E-state index in [2.05, 4.69) is 31.9 Å². The third-order valence-electron chi connectivity index (χ3n) is 14.4. The van der Waals surface area contributed by atoms with E-state index in [0.29, 0.717) is 32.1 Å². The summed E-state index contributed by atoms with van der Waals surface area (Å²) in [6, 6.07) is 0. The highest BCUT2D eigenvalue weighted by atomic mass is 32.3. The van der Waals surface area contributed by atoms with Gasteiger partial charge in [-0.1, -0.05) is 41.0 Å². The van der Waals surface area contributed by atoms with Crippen LogP contribution in [0.25, 0.3) is 0 Å². The summed E-state index contributed by atoms with van der Waals surface area (Å²) in [7, 11) is -5.02. The molecule has 1 saturated heterocycles. The van der Waals surface area contributed by atoms with E-state index in [1.165, 1.54) is 0 Å². The molecule has 0 radical (unpaired) electrons. The van der Waals surface area contributed by atoms with Crippen LogP contribution in [0.3, 0.4) is 0 Å². The van der Waals surface area contributed by atoms with Gasteiger partial charge in [-0.25, -0.2) is 4.18 Å². The van der Waals surface area contributed by atoms with Crippen molar-refractivity contribution < 1.29 is 67.5 Å². The molecule has 9 N–H and O–H groups in total. The maximum absolute atomic E-state index is 12.6. The molecule has 0 aromatic heterocycles. The molecule has 5 aliphatic rings. The first-order valence-corrected chi connectivity index (χ1v) is 19.9. The average Bonchev–Trinajstić information content (AvgIpc) is 3.29. The Balaban J connectivity index is 1.24. The number of ether oxygens (including phenoxy) is 2. The molecule has 0 aromatic rings. The van der Waals surface area contributed by atoms with Crippen LogP contribution in [-0.2, 0) is 24.1 Å². The van der Waals surface area contributed by atoms with Gasteiger partial charge in [-0.15, -0.1) is 0 Å². The van der Waals surface area contributed by atoms with Crippen molar-refractivity contribution >= 4 is 10.4 Å². The Hall–Kier alpha value is -0.530. The highest BCUT2D eigenvalue weighted by molar-refractivity contribution is 7.80. The summed E-state index contributed by atoms with van der Waals surface area (Å²) in [5.74, 6) is -0.101. The van der Waals surface area contributed by atoms with Gasteiger partial charge in [0.2, 0.25) is 0 Å². The Morgan fingerprint density at radius 2 is 1.60 bits per heavy atom. The fraction of sp³-hybridized carbons (Fsp3) is 1.00. The zero-order valence-electron chi connectivity index (χ0n) is 30.0. The summed E-state index contributed by atoms with van der Waals surface area (Å²) in [6.45, 7) is 9.88. The minimum atomic E-state index is -5.02. The largest absolute Gasteiger partial charge is 0.397 e. The first-order chi connectivity index (χ1) is 23.1. The highest BCUT2D eigenvalue weighted by Crippen LogP contribution is 2.70. The molecule has 0 amide bonds. The van der Waals surface area contributed by atoms with Gasteiger partial charge in [0.25, 0.3) is 0 Å². The van der Waals surface area contributed by atoms with Crippen LogP contribution >= 0.6 is 0 Å². The molecule has 292 valence electrons. The zero-order valence-corrected chi connectivity index (χ0v) is 30.9. The van der Waals surface area contributed by atoms with Gasteiger partial charge in [-0.05, 0) is 80.0 Å². The number of hydrogen-bond acceptors (Lipinski definition) is 13. The number of aliphatic hydroxyl groups excluding tert-OH is 6. The molecular formula is C35H62O14S. The van der Waals surface area contributed by atoms with Crippen molar-refractivity contribution in [1.82, 2.24) is 0 Å². The second-order valence-electron chi connectivity index (χ2n) is 17.3. The minimum absolute atomic E-state index is 0.0415. The van der Waals surface area contributed by atoms with Crippen LogP contribution in [0.2, 0.25) is 0 Å². The van der Waals surface area contributed by atoms with Gasteiger partial charge in [-0.3, -0.25) is 4.55 Å². The lowest BCUT2D eigenvalue weighted by molar-refractivity contribution is -0.315. The zero-order chi connectivity index (χ0) is 37.2. The Morgan fingerprint density at radius 3 is 2.22 bits per heavy atom. The van der Waals surface area contributed by atoms with Gasteiger partial charge >= 0.3 is 10.4 Å². The molecular weight excluding hydrogens is 676 g/mol. The summed E-state index contributed by atoms with van der Waals surface area (Å²) < 4.78 is 47.9. The molecule has 15 heteroatoms. The van der Waals surface area contributed by atoms with Crippen LogP contribution in [0.4, 0.5) is 0 Å². The van der Waals surface area contributed by atoms with Crippen LogP contribution in [0.15, 0.2) is 0 Å². The Morgan fingerprint density at radius 1 is 0.920 bits per heavy atom. The summed E-state index contributed by atoms with van der Waals surface area (Å²) in [4.78, 5) is 0. The van der Waals surface area contributed by atoms with Crippen molar-refractivity contribution in [2.24, 2.45) is 46.3 Å². The quantitative estimate of drug-likeness (QED) is 0.126. The van der Waals surface area contributed by atoms with E-state index < -0.39 is 94.0 Å². The number of rotatable bonds is 12. The van der Waals surface area contributed by atoms with E-state index >= 15 is 0 Å². The van der Waals surface area contributed by atoms with Crippen molar-refractivity contribution in [2.75, 3.05) is 13.2 Å². The second kappa shape index (κ2) is 14.6. The molecule has 14 nitrogen and oxygen atoms in total. The minimum Gasteiger partial charge on any atom is -0.394 e. The fourth-order valence-electron chi connectivity index (χ4n) is 11.6. The van der Waals surface area contributed by atoms with Gasteiger partial charge in [0.1, 0.15) is 18.3 Å². The van der Waals surface area contributed by atoms with E-state index in [1.807, 2.05) is 6.92 Å². The molecule has 17 unspecified atom stereocenters. The van der Waals surface area contributed by atoms with E-state index in [1.54, 1.807) is 0 Å². The molecule has 0 aromatic carbocycles. The Bertz CT molecular complexity index is 1290. The predicted octanol–water partition coefficient (Wildman–Crippen LogP) is 0.900. The van der Waals surface area contributed by atoms with Crippen molar-refractivity contribution in [3.63, 3.8) is 0 Å². The van der Waals surface area contributed by atoms with Crippen molar-refractivity contribution in [1.29, 1.82) is 0 Å². The topological polar surface area (TPSA) is 244 Å². The molecule has 5 rings (SSSR count). The van der Waals surface area contributed by atoms with Crippen LogP contribution in [0, 0.1) is 46.3 Å².